The van der Waals surface area contributed by atoms with Crippen LogP contribution in [0, 0.1) is 0 Å². The average molecular weight is 269 g/mol. The van der Waals surface area contributed by atoms with E-state index in [9.17, 15) is 4.79 Å². The highest BCUT2D eigenvalue weighted by atomic mass is 16.3. The van der Waals surface area contributed by atoms with Crippen LogP contribution in [0.3, 0.4) is 0 Å². The third-order valence-electron chi connectivity index (χ3n) is 3.05. The molecule has 5 nitrogen and oxygen atoms in total. The Hall–Kier alpha value is -2.56. The number of anilines is 1. The van der Waals surface area contributed by atoms with E-state index in [0.29, 0.717) is 11.5 Å². The van der Waals surface area contributed by atoms with Gasteiger partial charge in [0.05, 0.1) is 6.26 Å². The van der Waals surface area contributed by atoms with Gasteiger partial charge in [0.15, 0.2) is 0 Å². The van der Waals surface area contributed by atoms with E-state index in [-0.39, 0.29) is 11.6 Å². The van der Waals surface area contributed by atoms with Crippen molar-refractivity contribution in [2.45, 2.75) is 19.4 Å². The molecule has 5 heteroatoms. The van der Waals surface area contributed by atoms with Gasteiger partial charge in [0.1, 0.15) is 17.2 Å². The van der Waals surface area contributed by atoms with Gasteiger partial charge in [0, 0.05) is 24.7 Å². The minimum atomic E-state index is -0.0942. The van der Waals surface area contributed by atoms with Crippen molar-refractivity contribution in [2.75, 3.05) is 5.32 Å². The molecule has 0 amide bonds. The van der Waals surface area contributed by atoms with Crippen LogP contribution in [0.5, 0.6) is 0 Å². The SMILES string of the molecule is CC(Cc1ccco1)Nc1cc(=O)n2ccccc2n1. The molecule has 0 fully saturated rings. The smallest absolute Gasteiger partial charge is 0.259 e. The van der Waals surface area contributed by atoms with Crippen molar-refractivity contribution in [2.24, 2.45) is 0 Å². The maximum absolute atomic E-state index is 12.0. The van der Waals surface area contributed by atoms with Crippen LogP contribution in [0.25, 0.3) is 5.65 Å². The van der Waals surface area contributed by atoms with Gasteiger partial charge in [-0.15, -0.1) is 0 Å². The summed E-state index contributed by atoms with van der Waals surface area (Å²) in [6, 6.07) is 10.9. The molecule has 3 rings (SSSR count). The number of hydrogen-bond donors (Lipinski definition) is 1. The van der Waals surface area contributed by atoms with E-state index >= 15 is 0 Å². The summed E-state index contributed by atoms with van der Waals surface area (Å²) in [6.07, 6.45) is 4.10. The Kier molecular flexibility index (Phi) is 3.25. The Morgan fingerprint density at radius 3 is 3.05 bits per heavy atom. The predicted octanol–water partition coefficient (Wildman–Crippen LogP) is 2.33. The van der Waals surface area contributed by atoms with Crippen LogP contribution in [-0.2, 0) is 6.42 Å². The quantitative estimate of drug-likeness (QED) is 0.789. The number of nitrogens with one attached hydrogen (secondary N) is 1. The summed E-state index contributed by atoms with van der Waals surface area (Å²) in [7, 11) is 0. The zero-order chi connectivity index (χ0) is 13.9. The first-order chi connectivity index (χ1) is 9.72. The minimum Gasteiger partial charge on any atom is -0.469 e. The van der Waals surface area contributed by atoms with Crippen LogP contribution in [0.1, 0.15) is 12.7 Å². The van der Waals surface area contributed by atoms with Crippen molar-refractivity contribution in [3.05, 3.63) is 65.0 Å². The summed E-state index contributed by atoms with van der Waals surface area (Å²) in [5.74, 6) is 1.49. The number of pyridine rings is 1. The molecular weight excluding hydrogens is 254 g/mol. The molecule has 1 atom stereocenters. The van der Waals surface area contributed by atoms with Crippen LogP contribution in [0.15, 0.2) is 58.1 Å². The number of hydrogen-bond acceptors (Lipinski definition) is 4. The van der Waals surface area contributed by atoms with Gasteiger partial charge >= 0.3 is 0 Å². The topological polar surface area (TPSA) is 59.5 Å². The zero-order valence-corrected chi connectivity index (χ0v) is 11.1. The number of aromatic nitrogens is 2. The molecule has 0 radical (unpaired) electrons. The van der Waals surface area contributed by atoms with E-state index in [4.69, 9.17) is 4.42 Å². The van der Waals surface area contributed by atoms with Crippen molar-refractivity contribution < 1.29 is 4.42 Å². The normalized spacial score (nSPS) is 12.4. The highest BCUT2D eigenvalue weighted by Gasteiger charge is 2.08. The molecule has 102 valence electrons. The summed E-state index contributed by atoms with van der Waals surface area (Å²) in [4.78, 5) is 16.4. The van der Waals surface area contributed by atoms with E-state index in [1.54, 1.807) is 12.5 Å². The third-order valence-corrected chi connectivity index (χ3v) is 3.05. The highest BCUT2D eigenvalue weighted by Crippen LogP contribution is 2.09. The molecule has 0 aliphatic heterocycles. The van der Waals surface area contributed by atoms with Crippen molar-refractivity contribution in [1.82, 2.24) is 9.38 Å². The number of nitrogens with zero attached hydrogens (tertiary/aromatic N) is 2. The number of furan rings is 1. The molecule has 20 heavy (non-hydrogen) atoms. The minimum absolute atomic E-state index is 0.0942. The zero-order valence-electron chi connectivity index (χ0n) is 11.1. The fraction of sp³-hybridized carbons (Fsp3) is 0.200. The second-order valence-electron chi connectivity index (χ2n) is 4.74. The summed E-state index contributed by atoms with van der Waals surface area (Å²) < 4.78 is 6.83. The Balaban J connectivity index is 1.82. The van der Waals surface area contributed by atoms with Crippen LogP contribution in [0.4, 0.5) is 5.82 Å². The van der Waals surface area contributed by atoms with Crippen LogP contribution in [-0.4, -0.2) is 15.4 Å². The lowest BCUT2D eigenvalue weighted by Crippen LogP contribution is -2.22. The van der Waals surface area contributed by atoms with Crippen molar-refractivity contribution in [1.29, 1.82) is 0 Å². The molecule has 0 bridgehead atoms. The van der Waals surface area contributed by atoms with E-state index < -0.39 is 0 Å². The van der Waals surface area contributed by atoms with Gasteiger partial charge in [-0.05, 0) is 31.2 Å². The summed E-state index contributed by atoms with van der Waals surface area (Å²) in [5, 5.41) is 3.23. The molecule has 0 aromatic carbocycles. The molecular formula is C15H15N3O2. The van der Waals surface area contributed by atoms with Gasteiger partial charge in [-0.3, -0.25) is 9.20 Å². The lowest BCUT2D eigenvalue weighted by molar-refractivity contribution is 0.497. The van der Waals surface area contributed by atoms with Crippen molar-refractivity contribution in [3.8, 4) is 0 Å². The second-order valence-corrected chi connectivity index (χ2v) is 4.74. The molecule has 0 aliphatic carbocycles. The lowest BCUT2D eigenvalue weighted by Gasteiger charge is -2.13. The number of rotatable bonds is 4. The van der Waals surface area contributed by atoms with E-state index in [2.05, 4.69) is 10.3 Å². The molecule has 3 aromatic rings. The average Bonchev–Trinajstić information content (AvgIpc) is 2.91. The third kappa shape index (κ3) is 2.56. The Bertz CT molecular complexity index is 762. The number of fused-ring (bicyclic) bond motifs is 1. The summed E-state index contributed by atoms with van der Waals surface area (Å²) in [6.45, 7) is 2.02. The Labute approximate surface area is 115 Å². The molecule has 1 N–H and O–H groups in total. The van der Waals surface area contributed by atoms with Gasteiger partial charge in [-0.2, -0.15) is 0 Å². The molecule has 1 unspecified atom stereocenters. The van der Waals surface area contributed by atoms with Crippen LogP contribution < -0.4 is 10.9 Å². The first-order valence-electron chi connectivity index (χ1n) is 6.50. The standard InChI is InChI=1S/C15H15N3O2/c1-11(9-12-5-4-8-20-12)16-13-10-15(19)18-7-3-2-6-14(18)17-13/h2-8,10-11,16H,9H2,1H3. The highest BCUT2D eigenvalue weighted by molar-refractivity contribution is 5.46. The van der Waals surface area contributed by atoms with E-state index in [1.807, 2.05) is 37.3 Å². The monoisotopic (exact) mass is 269 g/mol. The van der Waals surface area contributed by atoms with Gasteiger partial charge in [-0.25, -0.2) is 4.98 Å². The lowest BCUT2D eigenvalue weighted by atomic mass is 10.2. The Morgan fingerprint density at radius 2 is 2.25 bits per heavy atom. The summed E-state index contributed by atoms with van der Waals surface area (Å²) in [5.41, 5.74) is 0.538. The van der Waals surface area contributed by atoms with Crippen LogP contribution >= 0.6 is 0 Å². The van der Waals surface area contributed by atoms with Gasteiger partial charge in [0.2, 0.25) is 0 Å². The first-order valence-corrected chi connectivity index (χ1v) is 6.50. The largest absolute Gasteiger partial charge is 0.469 e. The Morgan fingerprint density at radius 1 is 1.35 bits per heavy atom. The van der Waals surface area contributed by atoms with E-state index in [1.165, 1.54) is 10.5 Å². The first kappa shape index (κ1) is 12.5. The van der Waals surface area contributed by atoms with Gasteiger partial charge in [0.25, 0.3) is 5.56 Å². The molecule has 0 saturated heterocycles. The van der Waals surface area contributed by atoms with Crippen molar-refractivity contribution >= 4 is 11.5 Å². The fourth-order valence-corrected chi connectivity index (χ4v) is 2.16. The molecule has 3 aromatic heterocycles. The molecule has 0 spiro atoms. The van der Waals surface area contributed by atoms with Gasteiger partial charge in [-0.1, -0.05) is 6.07 Å². The predicted molar refractivity (Wildman–Crippen MR) is 77.0 cm³/mol. The molecule has 3 heterocycles. The second kappa shape index (κ2) is 5.21. The maximum Gasteiger partial charge on any atom is 0.259 e. The molecule has 0 saturated carbocycles. The fourth-order valence-electron chi connectivity index (χ4n) is 2.16. The van der Waals surface area contributed by atoms with Crippen molar-refractivity contribution in [3.63, 3.8) is 0 Å². The summed E-state index contributed by atoms with van der Waals surface area (Å²) >= 11 is 0. The molecule has 0 aliphatic rings. The van der Waals surface area contributed by atoms with Gasteiger partial charge < -0.3 is 9.73 Å². The van der Waals surface area contributed by atoms with Crippen LogP contribution in [0.2, 0.25) is 0 Å². The maximum atomic E-state index is 12.0. The van der Waals surface area contributed by atoms with E-state index in [0.717, 1.165) is 12.2 Å².